The number of hydrogen-bond donors (Lipinski definition) is 2. The van der Waals surface area contributed by atoms with E-state index < -0.39 is 5.60 Å². The molecular weight excluding hydrogens is 314 g/mol. The van der Waals surface area contributed by atoms with Gasteiger partial charge in [-0.05, 0) is 63.6 Å². The molecule has 5 heteroatoms. The molecule has 0 fully saturated rings. The highest BCUT2D eigenvalue weighted by atomic mass is 16.3. The lowest BCUT2D eigenvalue weighted by Gasteiger charge is -2.24. The fourth-order valence-electron chi connectivity index (χ4n) is 3.17. The summed E-state index contributed by atoms with van der Waals surface area (Å²) in [4.78, 5) is 21.5. The number of rotatable bonds is 5. The first-order valence-corrected chi connectivity index (χ1v) is 8.84. The highest BCUT2D eigenvalue weighted by Crippen LogP contribution is 2.26. The second kappa shape index (κ2) is 7.31. The molecule has 1 heterocycles. The summed E-state index contributed by atoms with van der Waals surface area (Å²) >= 11 is 0. The highest BCUT2D eigenvalue weighted by molar-refractivity contribution is 5.94. The fourth-order valence-corrected chi connectivity index (χ4v) is 3.17. The summed E-state index contributed by atoms with van der Waals surface area (Å²) in [5.41, 5.74) is 2.86. The van der Waals surface area contributed by atoms with Crippen LogP contribution in [-0.4, -0.2) is 26.6 Å². The molecule has 0 radical (unpaired) electrons. The van der Waals surface area contributed by atoms with E-state index in [0.717, 1.165) is 42.6 Å². The van der Waals surface area contributed by atoms with Gasteiger partial charge in [-0.15, -0.1) is 0 Å². The molecule has 0 saturated carbocycles. The number of aromatic nitrogens is 2. The highest BCUT2D eigenvalue weighted by Gasteiger charge is 2.24. The summed E-state index contributed by atoms with van der Waals surface area (Å²) in [6.45, 7) is 3.59. The normalized spacial score (nSPS) is 17.0. The minimum Gasteiger partial charge on any atom is -0.390 e. The summed E-state index contributed by atoms with van der Waals surface area (Å²) in [7, 11) is 0. The van der Waals surface area contributed by atoms with Gasteiger partial charge in [0.1, 0.15) is 0 Å². The molecule has 0 aliphatic heterocycles. The maximum Gasteiger partial charge on any atom is 0.251 e. The van der Waals surface area contributed by atoms with E-state index in [-0.39, 0.29) is 11.9 Å². The predicted octanol–water partition coefficient (Wildman–Crippen LogP) is 2.99. The predicted molar refractivity (Wildman–Crippen MR) is 96.2 cm³/mol. The number of aliphatic hydroxyl groups is 1. The average molecular weight is 339 g/mol. The van der Waals surface area contributed by atoms with Crippen molar-refractivity contribution in [3.05, 3.63) is 59.2 Å². The molecule has 1 atom stereocenters. The number of nitrogens with one attached hydrogen (secondary N) is 1. The quantitative estimate of drug-likeness (QED) is 0.878. The van der Waals surface area contributed by atoms with Crippen molar-refractivity contribution in [1.29, 1.82) is 0 Å². The molecule has 3 rings (SSSR count). The first-order chi connectivity index (χ1) is 11.9. The van der Waals surface area contributed by atoms with Crippen LogP contribution < -0.4 is 5.32 Å². The minimum absolute atomic E-state index is 0.0787. The van der Waals surface area contributed by atoms with Gasteiger partial charge < -0.3 is 10.4 Å². The van der Waals surface area contributed by atoms with Crippen molar-refractivity contribution in [1.82, 2.24) is 15.3 Å². The molecule has 1 aliphatic carbocycles. The maximum atomic E-state index is 12.7. The van der Waals surface area contributed by atoms with Crippen LogP contribution in [0.3, 0.4) is 0 Å². The van der Waals surface area contributed by atoms with Crippen LogP contribution in [0.2, 0.25) is 0 Å². The number of hydrogen-bond acceptors (Lipinski definition) is 4. The molecule has 0 spiro atoms. The molecule has 1 amide bonds. The summed E-state index contributed by atoms with van der Waals surface area (Å²) in [6.07, 6.45) is 7.59. The molecule has 2 aromatic rings. The van der Waals surface area contributed by atoms with Crippen LogP contribution in [0.5, 0.6) is 0 Å². The third-order valence-electron chi connectivity index (χ3n) is 4.56. The zero-order valence-electron chi connectivity index (χ0n) is 14.8. The van der Waals surface area contributed by atoms with Crippen molar-refractivity contribution in [3.8, 4) is 0 Å². The molecule has 2 N–H and O–H groups in total. The smallest absolute Gasteiger partial charge is 0.251 e. The van der Waals surface area contributed by atoms with Crippen molar-refractivity contribution >= 4 is 5.91 Å². The van der Waals surface area contributed by atoms with Gasteiger partial charge in [-0.2, -0.15) is 0 Å². The molecule has 25 heavy (non-hydrogen) atoms. The summed E-state index contributed by atoms with van der Waals surface area (Å²) in [5.74, 6) is -0.0892. The van der Waals surface area contributed by atoms with Crippen LogP contribution in [-0.2, 0) is 12.8 Å². The molecule has 1 aromatic heterocycles. The number of nitrogens with zero attached hydrogens (tertiary/aromatic N) is 2. The van der Waals surface area contributed by atoms with Crippen LogP contribution in [0.15, 0.2) is 36.7 Å². The Morgan fingerprint density at radius 2 is 2.12 bits per heavy atom. The average Bonchev–Trinajstić information content (AvgIpc) is 2.60. The number of carbonyl (C=O) groups is 1. The minimum atomic E-state index is -0.706. The van der Waals surface area contributed by atoms with Crippen molar-refractivity contribution in [3.63, 3.8) is 0 Å². The van der Waals surface area contributed by atoms with Gasteiger partial charge >= 0.3 is 0 Å². The Balaban J connectivity index is 1.70. The van der Waals surface area contributed by atoms with E-state index in [4.69, 9.17) is 0 Å². The Morgan fingerprint density at radius 3 is 2.92 bits per heavy atom. The fraction of sp³-hybridized carbons (Fsp3) is 0.450. The molecule has 1 aliphatic rings. The zero-order chi connectivity index (χ0) is 17.9. The number of carbonyl (C=O) groups excluding carboxylic acids is 1. The molecular formula is C20H25N3O2. The van der Waals surface area contributed by atoms with Crippen molar-refractivity contribution in [2.75, 3.05) is 0 Å². The van der Waals surface area contributed by atoms with Crippen LogP contribution >= 0.6 is 0 Å². The summed E-state index contributed by atoms with van der Waals surface area (Å²) in [5, 5.41) is 13.0. The Kier molecular flexibility index (Phi) is 5.13. The lowest BCUT2D eigenvalue weighted by molar-refractivity contribution is 0.0714. The van der Waals surface area contributed by atoms with Gasteiger partial charge in [0.15, 0.2) is 0 Å². The second-order valence-electron chi connectivity index (χ2n) is 7.32. The molecule has 132 valence electrons. The van der Waals surface area contributed by atoms with E-state index in [2.05, 4.69) is 15.3 Å². The van der Waals surface area contributed by atoms with Gasteiger partial charge in [0.05, 0.1) is 23.0 Å². The largest absolute Gasteiger partial charge is 0.390 e. The van der Waals surface area contributed by atoms with Gasteiger partial charge in [0.25, 0.3) is 5.91 Å². The van der Waals surface area contributed by atoms with Gasteiger partial charge in [0, 0.05) is 18.0 Å². The zero-order valence-corrected chi connectivity index (χ0v) is 14.8. The van der Waals surface area contributed by atoms with E-state index in [1.165, 1.54) is 0 Å². The van der Waals surface area contributed by atoms with E-state index in [1.54, 1.807) is 26.2 Å². The number of amides is 1. The Bertz CT molecular complexity index is 753. The monoisotopic (exact) mass is 339 g/mol. The summed E-state index contributed by atoms with van der Waals surface area (Å²) in [6, 6.07) is 7.53. The van der Waals surface area contributed by atoms with Gasteiger partial charge in [-0.25, -0.2) is 0 Å². The van der Waals surface area contributed by atoms with E-state index in [0.29, 0.717) is 12.0 Å². The van der Waals surface area contributed by atoms with Gasteiger partial charge in [0.2, 0.25) is 0 Å². The lowest BCUT2D eigenvalue weighted by Crippen LogP contribution is -2.32. The number of benzene rings is 1. The Morgan fingerprint density at radius 1 is 1.32 bits per heavy atom. The molecule has 0 saturated heterocycles. The molecule has 0 bridgehead atoms. The Labute approximate surface area is 148 Å². The summed E-state index contributed by atoms with van der Waals surface area (Å²) < 4.78 is 0. The lowest BCUT2D eigenvalue weighted by atomic mass is 9.94. The standard InChI is InChI=1S/C20H25N3O2/c1-20(2,25)10-9-14-5-3-6-15(13-14)19(24)23-17-8-4-7-16-18(17)22-12-11-21-16/h3,5-6,11-13,17,25H,4,7-10H2,1-2H3,(H,23,24)/t17-/m0/s1. The van der Waals surface area contributed by atoms with Crippen LogP contribution in [0.1, 0.15) is 66.5 Å². The number of fused-ring (bicyclic) bond motifs is 1. The second-order valence-corrected chi connectivity index (χ2v) is 7.32. The van der Waals surface area contributed by atoms with Gasteiger partial charge in [-0.3, -0.25) is 14.8 Å². The van der Waals surface area contributed by atoms with Crippen LogP contribution in [0.25, 0.3) is 0 Å². The third kappa shape index (κ3) is 4.63. The van der Waals surface area contributed by atoms with Crippen LogP contribution in [0, 0.1) is 0 Å². The molecule has 1 aromatic carbocycles. The van der Waals surface area contributed by atoms with Gasteiger partial charge in [-0.1, -0.05) is 12.1 Å². The SMILES string of the molecule is CC(C)(O)CCc1cccc(C(=O)N[C@H]2CCCc3nccnc32)c1. The first-order valence-electron chi connectivity index (χ1n) is 8.84. The maximum absolute atomic E-state index is 12.7. The van der Waals surface area contributed by atoms with Crippen molar-refractivity contribution in [2.45, 2.75) is 57.6 Å². The molecule has 0 unspecified atom stereocenters. The van der Waals surface area contributed by atoms with Crippen molar-refractivity contribution in [2.24, 2.45) is 0 Å². The van der Waals surface area contributed by atoms with Crippen LogP contribution in [0.4, 0.5) is 0 Å². The Hall–Kier alpha value is -2.27. The topological polar surface area (TPSA) is 75.1 Å². The van der Waals surface area contributed by atoms with E-state index in [1.807, 2.05) is 24.3 Å². The van der Waals surface area contributed by atoms with E-state index in [9.17, 15) is 9.90 Å². The number of aryl methyl sites for hydroxylation is 2. The molecule has 5 nitrogen and oxygen atoms in total. The van der Waals surface area contributed by atoms with E-state index >= 15 is 0 Å². The third-order valence-corrected chi connectivity index (χ3v) is 4.56. The first kappa shape index (κ1) is 17.5. The van der Waals surface area contributed by atoms with Crippen molar-refractivity contribution < 1.29 is 9.90 Å².